The van der Waals surface area contributed by atoms with Gasteiger partial charge in [0, 0.05) is 0 Å². The molecule has 1 nitrogen and oxygen atoms in total. The average molecular weight is 457 g/mol. The van der Waals surface area contributed by atoms with Crippen molar-refractivity contribution in [3.05, 3.63) is 46.6 Å². The van der Waals surface area contributed by atoms with E-state index in [1.165, 1.54) is 51.4 Å². The maximum absolute atomic E-state index is 6.82. The van der Waals surface area contributed by atoms with Gasteiger partial charge in [0.1, 0.15) is 0 Å². The van der Waals surface area contributed by atoms with E-state index in [9.17, 15) is 0 Å². The second kappa shape index (κ2) is 6.16. The molecule has 0 N–H and O–H groups in total. The fourth-order valence-corrected chi connectivity index (χ4v) is 24.7. The van der Waals surface area contributed by atoms with Gasteiger partial charge in [0.15, 0.2) is 0 Å². The SMILES string of the molecule is C[O][Zr]([CH3])([CH3])(=[SiH2])([CH]1C=CC2=C1CCCC2)[CH]1C=CC2=C1CCCC2.Cl. The van der Waals surface area contributed by atoms with Gasteiger partial charge in [0.2, 0.25) is 0 Å². The van der Waals surface area contributed by atoms with Gasteiger partial charge in [-0.15, -0.1) is 12.4 Å². The summed E-state index contributed by atoms with van der Waals surface area (Å²) in [5.41, 5.74) is 6.80. The van der Waals surface area contributed by atoms with E-state index in [1.54, 1.807) is 22.3 Å². The quantitative estimate of drug-likeness (QED) is 0.453. The summed E-state index contributed by atoms with van der Waals surface area (Å²) in [5.74, 6) is 0. The molecule has 0 saturated carbocycles. The second-order valence-electron chi connectivity index (χ2n) is 10.1. The van der Waals surface area contributed by atoms with Crippen LogP contribution in [0.5, 0.6) is 0 Å². The van der Waals surface area contributed by atoms with E-state index in [0.29, 0.717) is 7.25 Å². The largest absolute Gasteiger partial charge is 0.147 e. The molecule has 0 spiro atoms. The van der Waals surface area contributed by atoms with Crippen molar-refractivity contribution >= 4 is 19.3 Å². The number of hydrogen-bond donors (Lipinski definition) is 0. The summed E-state index contributed by atoms with van der Waals surface area (Å²) in [7, 11) is 2.04. The monoisotopic (exact) mass is 455 g/mol. The Kier molecular flexibility index (Phi) is 4.94. The Morgan fingerprint density at radius 1 is 0.840 bits per heavy atom. The number of hydrogen-bond acceptors (Lipinski definition) is 1. The molecule has 0 saturated heterocycles. The first-order valence-electron chi connectivity index (χ1n) is 9.95. The average Bonchev–Trinajstić information content (AvgIpc) is 3.20. The van der Waals surface area contributed by atoms with Crippen molar-refractivity contribution in [3.63, 3.8) is 0 Å². The third-order valence-corrected chi connectivity index (χ3v) is 32.7. The molecule has 25 heavy (non-hydrogen) atoms. The fraction of sp³-hybridized carbons (Fsp3) is 0.619. The van der Waals surface area contributed by atoms with E-state index in [4.69, 9.17) is 2.81 Å². The summed E-state index contributed by atoms with van der Waals surface area (Å²) in [6, 6.07) is 0. The van der Waals surface area contributed by atoms with Gasteiger partial charge in [-0.05, 0) is 0 Å². The molecule has 4 rings (SSSR count). The molecule has 0 aromatic rings. The second-order valence-corrected chi connectivity index (χ2v) is 47.4. The van der Waals surface area contributed by atoms with Gasteiger partial charge in [-0.3, -0.25) is 0 Å². The maximum Gasteiger partial charge on any atom is -0.147 e. The molecule has 4 aliphatic carbocycles. The van der Waals surface area contributed by atoms with Crippen LogP contribution in [0, 0.1) is 0 Å². The predicted molar refractivity (Wildman–Crippen MR) is 111 cm³/mol. The van der Waals surface area contributed by atoms with Crippen LogP contribution in [0.15, 0.2) is 46.6 Å². The van der Waals surface area contributed by atoms with E-state index in [1.807, 2.05) is 7.11 Å². The van der Waals surface area contributed by atoms with E-state index in [2.05, 4.69) is 40.4 Å². The molecule has 0 radical (unpaired) electrons. The van der Waals surface area contributed by atoms with Crippen LogP contribution in [0.4, 0.5) is 0 Å². The topological polar surface area (TPSA) is 9.23 Å². The zero-order valence-corrected chi connectivity index (χ0v) is 20.8. The molecule has 4 heteroatoms. The molecule has 0 bridgehead atoms. The molecule has 139 valence electrons. The van der Waals surface area contributed by atoms with Crippen molar-refractivity contribution in [2.75, 3.05) is 7.11 Å². The molecule has 0 aromatic heterocycles. The molecule has 4 aliphatic rings. The summed E-state index contributed by atoms with van der Waals surface area (Å²) in [5, 5.41) is 0. The van der Waals surface area contributed by atoms with E-state index < -0.39 is 16.4 Å². The van der Waals surface area contributed by atoms with E-state index >= 15 is 0 Å². The summed E-state index contributed by atoms with van der Waals surface area (Å²) >= 11 is -4.02. The Balaban J connectivity index is 0.00000182. The van der Waals surface area contributed by atoms with Gasteiger partial charge >= 0.3 is 148 Å². The van der Waals surface area contributed by atoms with Crippen molar-refractivity contribution in [1.29, 1.82) is 0 Å². The smallest absolute Gasteiger partial charge is 0.147 e. The van der Waals surface area contributed by atoms with Crippen molar-refractivity contribution in [2.24, 2.45) is 0 Å². The molecular weight excluding hydrogens is 423 g/mol. The van der Waals surface area contributed by atoms with Crippen LogP contribution in [0.2, 0.25) is 16.5 Å². The molecule has 2 atom stereocenters. The Morgan fingerprint density at radius 2 is 1.24 bits per heavy atom. The molecule has 0 fully saturated rings. The number of rotatable bonds is 3. The first-order chi connectivity index (χ1) is 11.3. The van der Waals surface area contributed by atoms with Gasteiger partial charge in [-0.25, -0.2) is 0 Å². The summed E-state index contributed by atoms with van der Waals surface area (Å²) in [6.07, 6.45) is 20.7. The van der Waals surface area contributed by atoms with Gasteiger partial charge < -0.3 is 0 Å². The fourth-order valence-electron chi connectivity index (χ4n) is 6.10. The van der Waals surface area contributed by atoms with Gasteiger partial charge in [0.05, 0.1) is 0 Å². The van der Waals surface area contributed by atoms with Crippen molar-refractivity contribution in [1.82, 2.24) is 0 Å². The minimum Gasteiger partial charge on any atom is -0.147 e. The molecule has 0 aromatic carbocycles. The summed E-state index contributed by atoms with van der Waals surface area (Å²) in [6.45, 7) is 2.32. The third kappa shape index (κ3) is 2.84. The van der Waals surface area contributed by atoms with Crippen LogP contribution in [0.3, 0.4) is 0 Å². The standard InChI is InChI=1S/2C9H11.CH3O.2CH3.ClH.H2Si.Zr/c2*1-2-5-9-7-3-6-8(9)4-1;1-2;;;;;/h2*3,6-7H,1-2,4-5H2;1H3;2*1H3;1H;1H2;/q;;-1;;;;;+1. The summed E-state index contributed by atoms with van der Waals surface area (Å²) < 4.78 is 13.2. The normalized spacial score (nSPS) is 31.3. The molecule has 2 unspecified atom stereocenters. The number of halogens is 1. The molecule has 0 amide bonds. The Bertz CT molecular complexity index is 752. The first kappa shape index (κ1) is 20.1. The van der Waals surface area contributed by atoms with E-state index in [-0.39, 0.29) is 12.4 Å². The zero-order chi connectivity index (χ0) is 17.1. The van der Waals surface area contributed by atoms with Gasteiger partial charge in [-0.1, -0.05) is 0 Å². The summed E-state index contributed by atoms with van der Waals surface area (Å²) in [4.78, 5) is 0. The Labute approximate surface area is 159 Å². The van der Waals surface area contributed by atoms with Gasteiger partial charge in [0.25, 0.3) is 0 Å². The van der Waals surface area contributed by atoms with Crippen LogP contribution < -0.4 is 0 Å². The Hall–Kier alpha value is 0.310. The van der Waals surface area contributed by atoms with E-state index in [0.717, 1.165) is 0 Å². The van der Waals surface area contributed by atoms with Crippen LogP contribution in [0.25, 0.3) is 0 Å². The van der Waals surface area contributed by atoms with Crippen LogP contribution in [-0.2, 0) is 19.2 Å². The minimum atomic E-state index is -4.02. The predicted octanol–water partition coefficient (Wildman–Crippen LogP) is 6.30. The Morgan fingerprint density at radius 3 is 1.64 bits per heavy atom. The molecule has 0 aliphatic heterocycles. The van der Waals surface area contributed by atoms with Crippen LogP contribution in [-0.4, -0.2) is 14.0 Å². The van der Waals surface area contributed by atoms with Crippen LogP contribution >= 0.6 is 12.4 Å². The van der Waals surface area contributed by atoms with Crippen molar-refractivity contribution < 1.29 is 19.2 Å². The number of allylic oxidation sites excluding steroid dienone is 8. The zero-order valence-electron chi connectivity index (χ0n) is 16.1. The first-order valence-corrected chi connectivity index (χ1v) is 24.6. The molecule has 0 heterocycles. The maximum atomic E-state index is 6.82. The van der Waals surface area contributed by atoms with Gasteiger partial charge in [-0.2, -0.15) is 0 Å². The molecular formula is C21H34ClOSiZr. The third-order valence-electron chi connectivity index (χ3n) is 7.93. The van der Waals surface area contributed by atoms with Crippen LogP contribution in [0.1, 0.15) is 51.4 Å². The van der Waals surface area contributed by atoms with Crippen molar-refractivity contribution in [2.45, 2.75) is 67.9 Å². The minimum absolute atomic E-state index is 0. The van der Waals surface area contributed by atoms with Crippen molar-refractivity contribution in [3.8, 4) is 0 Å².